The molecule has 2 aromatic carbocycles. The summed E-state index contributed by atoms with van der Waals surface area (Å²) in [5, 5.41) is 4.13. The highest BCUT2D eigenvalue weighted by atomic mass is 16.5. The molecule has 0 aliphatic carbocycles. The normalized spacial score (nSPS) is 14.0. The zero-order chi connectivity index (χ0) is 18.8. The van der Waals surface area contributed by atoms with E-state index in [1.54, 1.807) is 6.92 Å². The first-order valence-electron chi connectivity index (χ1n) is 9.13. The number of aromatic nitrogens is 2. The van der Waals surface area contributed by atoms with Crippen LogP contribution in [0.2, 0.25) is 0 Å². The molecule has 0 unspecified atom stereocenters. The summed E-state index contributed by atoms with van der Waals surface area (Å²) >= 11 is 0. The summed E-state index contributed by atoms with van der Waals surface area (Å²) in [4.78, 5) is 20.6. The van der Waals surface area contributed by atoms with Gasteiger partial charge in [0.15, 0.2) is 0 Å². The van der Waals surface area contributed by atoms with Crippen LogP contribution in [0.25, 0.3) is 11.4 Å². The zero-order valence-electron chi connectivity index (χ0n) is 15.6. The van der Waals surface area contributed by atoms with Gasteiger partial charge < -0.3 is 14.3 Å². The number of carbonyl (C=O) groups is 1. The minimum Gasteiger partial charge on any atom is -0.360 e. The Bertz CT molecular complexity index is 949. The van der Waals surface area contributed by atoms with E-state index in [-0.39, 0.29) is 5.91 Å². The van der Waals surface area contributed by atoms with Crippen LogP contribution in [0.3, 0.4) is 0 Å². The molecular weight excluding hydrogens is 340 g/mol. The second-order valence-electron chi connectivity index (χ2n) is 6.81. The van der Waals surface area contributed by atoms with Gasteiger partial charge in [-0.15, -0.1) is 0 Å². The van der Waals surface area contributed by atoms with Crippen LogP contribution >= 0.6 is 0 Å². The second-order valence-corrected chi connectivity index (χ2v) is 6.81. The largest absolute Gasteiger partial charge is 0.360 e. The minimum absolute atomic E-state index is 0.0590. The second kappa shape index (κ2) is 7.23. The molecule has 3 aromatic rings. The van der Waals surface area contributed by atoms with Crippen LogP contribution in [0, 0.1) is 6.92 Å². The van der Waals surface area contributed by atoms with Crippen LogP contribution in [0.5, 0.6) is 0 Å². The fraction of sp³-hybridized carbons (Fsp3) is 0.286. The van der Waals surface area contributed by atoms with Crippen molar-refractivity contribution in [3.8, 4) is 11.4 Å². The Morgan fingerprint density at radius 1 is 1.07 bits per heavy atom. The lowest BCUT2D eigenvalue weighted by Crippen LogP contribution is -2.28. The van der Waals surface area contributed by atoms with Gasteiger partial charge in [0.25, 0.3) is 0 Å². The molecule has 6 nitrogen and oxygen atoms in total. The fourth-order valence-electron chi connectivity index (χ4n) is 3.41. The predicted molar refractivity (Wildman–Crippen MR) is 105 cm³/mol. The molecule has 0 bridgehead atoms. The van der Waals surface area contributed by atoms with Crippen molar-refractivity contribution in [1.29, 1.82) is 0 Å². The molecule has 6 heteroatoms. The quantitative estimate of drug-likeness (QED) is 0.709. The zero-order valence-corrected chi connectivity index (χ0v) is 15.6. The minimum atomic E-state index is 0.0590. The SMILES string of the molecule is CC(=O)N1CCCN(Cc2nc(-c3ccc(C)cc3)no2)c2ccccc21. The number of aryl methyl sites for hydroxylation is 1. The van der Waals surface area contributed by atoms with Gasteiger partial charge in [0.2, 0.25) is 17.6 Å². The monoisotopic (exact) mass is 362 g/mol. The van der Waals surface area contributed by atoms with Crippen LogP contribution in [0.4, 0.5) is 11.4 Å². The summed E-state index contributed by atoms with van der Waals surface area (Å²) in [5.74, 6) is 1.22. The Hall–Kier alpha value is -3.15. The molecule has 138 valence electrons. The molecule has 2 heterocycles. The molecule has 0 spiro atoms. The van der Waals surface area contributed by atoms with Gasteiger partial charge >= 0.3 is 0 Å². The van der Waals surface area contributed by atoms with Crippen LogP contribution in [0.15, 0.2) is 53.1 Å². The first kappa shape index (κ1) is 17.3. The third kappa shape index (κ3) is 3.56. The number of benzene rings is 2. The predicted octanol–water partition coefficient (Wildman–Crippen LogP) is 3.81. The number of hydrogen-bond acceptors (Lipinski definition) is 5. The molecule has 0 fully saturated rings. The van der Waals surface area contributed by atoms with Crippen molar-refractivity contribution in [2.24, 2.45) is 0 Å². The molecule has 27 heavy (non-hydrogen) atoms. The van der Waals surface area contributed by atoms with E-state index in [0.717, 1.165) is 29.9 Å². The molecule has 0 saturated carbocycles. The van der Waals surface area contributed by atoms with E-state index in [4.69, 9.17) is 4.52 Å². The maximum Gasteiger partial charge on any atom is 0.246 e. The number of nitrogens with zero attached hydrogens (tertiary/aromatic N) is 4. The molecule has 1 aliphatic rings. The van der Waals surface area contributed by atoms with Crippen molar-refractivity contribution in [2.75, 3.05) is 22.9 Å². The summed E-state index contributed by atoms with van der Waals surface area (Å²) in [7, 11) is 0. The Morgan fingerprint density at radius 2 is 1.81 bits per heavy atom. The highest BCUT2D eigenvalue weighted by molar-refractivity contribution is 5.95. The van der Waals surface area contributed by atoms with Crippen molar-refractivity contribution in [1.82, 2.24) is 10.1 Å². The smallest absolute Gasteiger partial charge is 0.246 e. The maximum atomic E-state index is 12.0. The van der Waals surface area contributed by atoms with E-state index < -0.39 is 0 Å². The highest BCUT2D eigenvalue weighted by Gasteiger charge is 2.24. The van der Waals surface area contributed by atoms with E-state index in [9.17, 15) is 4.79 Å². The van der Waals surface area contributed by atoms with E-state index in [2.05, 4.69) is 15.0 Å². The topological polar surface area (TPSA) is 62.5 Å². The lowest BCUT2D eigenvalue weighted by Gasteiger charge is -2.25. The van der Waals surface area contributed by atoms with E-state index in [1.165, 1.54) is 5.56 Å². The Labute approximate surface area is 158 Å². The number of rotatable bonds is 3. The molecule has 0 saturated heterocycles. The summed E-state index contributed by atoms with van der Waals surface area (Å²) < 4.78 is 5.50. The lowest BCUT2D eigenvalue weighted by molar-refractivity contribution is -0.116. The van der Waals surface area contributed by atoms with Crippen molar-refractivity contribution in [2.45, 2.75) is 26.8 Å². The van der Waals surface area contributed by atoms with Gasteiger partial charge in [-0.2, -0.15) is 4.98 Å². The van der Waals surface area contributed by atoms with Crippen LogP contribution in [-0.2, 0) is 11.3 Å². The summed E-state index contributed by atoms with van der Waals surface area (Å²) in [6.07, 6.45) is 0.882. The number of para-hydroxylation sites is 2. The van der Waals surface area contributed by atoms with Crippen LogP contribution in [0.1, 0.15) is 24.8 Å². The molecule has 0 atom stereocenters. The molecule has 0 radical (unpaired) electrons. The van der Waals surface area contributed by atoms with Gasteiger partial charge in [0, 0.05) is 25.6 Å². The van der Waals surface area contributed by atoms with Crippen molar-refractivity contribution >= 4 is 17.3 Å². The van der Waals surface area contributed by atoms with Gasteiger partial charge in [0.05, 0.1) is 17.9 Å². The van der Waals surface area contributed by atoms with Crippen molar-refractivity contribution in [3.63, 3.8) is 0 Å². The Morgan fingerprint density at radius 3 is 2.56 bits per heavy atom. The van der Waals surface area contributed by atoms with Crippen molar-refractivity contribution < 1.29 is 9.32 Å². The van der Waals surface area contributed by atoms with Gasteiger partial charge in [-0.3, -0.25) is 4.79 Å². The number of carbonyl (C=O) groups excluding carboxylic acids is 1. The lowest BCUT2D eigenvalue weighted by atomic mass is 10.1. The van der Waals surface area contributed by atoms with E-state index in [1.807, 2.05) is 60.4 Å². The number of amides is 1. The third-order valence-electron chi connectivity index (χ3n) is 4.81. The molecular formula is C21H22N4O2. The standard InChI is InChI=1S/C21H22N4O2/c1-15-8-10-17(11-9-15)21-22-20(27-23-21)14-24-12-5-13-25(16(2)26)19-7-4-3-6-18(19)24/h3-4,6-11H,5,12-14H2,1-2H3. The highest BCUT2D eigenvalue weighted by Crippen LogP contribution is 2.33. The summed E-state index contributed by atoms with van der Waals surface area (Å²) in [6, 6.07) is 16.0. The van der Waals surface area contributed by atoms with E-state index >= 15 is 0 Å². The van der Waals surface area contributed by atoms with Gasteiger partial charge in [-0.25, -0.2) is 0 Å². The first-order valence-corrected chi connectivity index (χ1v) is 9.13. The summed E-state index contributed by atoms with van der Waals surface area (Å²) in [5.41, 5.74) is 4.08. The molecule has 4 rings (SSSR count). The van der Waals surface area contributed by atoms with Gasteiger partial charge in [-0.1, -0.05) is 47.1 Å². The van der Waals surface area contributed by atoms with Gasteiger partial charge in [0.1, 0.15) is 0 Å². The molecule has 0 N–H and O–H groups in total. The van der Waals surface area contributed by atoms with Gasteiger partial charge in [-0.05, 0) is 25.5 Å². The van der Waals surface area contributed by atoms with Crippen LogP contribution in [-0.4, -0.2) is 29.1 Å². The Balaban J connectivity index is 1.60. The summed E-state index contributed by atoms with van der Waals surface area (Å²) in [6.45, 7) is 5.71. The average molecular weight is 362 g/mol. The third-order valence-corrected chi connectivity index (χ3v) is 4.81. The maximum absolute atomic E-state index is 12.0. The fourth-order valence-corrected chi connectivity index (χ4v) is 3.41. The average Bonchev–Trinajstić information content (AvgIpc) is 3.05. The van der Waals surface area contributed by atoms with Crippen molar-refractivity contribution in [3.05, 3.63) is 60.0 Å². The van der Waals surface area contributed by atoms with Crippen LogP contribution < -0.4 is 9.80 Å². The number of anilines is 2. The molecule has 1 amide bonds. The molecule has 1 aromatic heterocycles. The first-order chi connectivity index (χ1) is 13.1. The number of hydrogen-bond donors (Lipinski definition) is 0. The van der Waals surface area contributed by atoms with E-state index in [0.29, 0.717) is 24.8 Å². The Kier molecular flexibility index (Phi) is 4.62. The number of fused-ring (bicyclic) bond motifs is 1. The molecule has 1 aliphatic heterocycles.